The highest BCUT2D eigenvalue weighted by Crippen LogP contribution is 2.30. The molecule has 9 heteroatoms. The van der Waals surface area contributed by atoms with Gasteiger partial charge in [-0.25, -0.2) is 4.98 Å². The van der Waals surface area contributed by atoms with E-state index in [2.05, 4.69) is 15.2 Å². The number of morpholine rings is 1. The van der Waals surface area contributed by atoms with Crippen molar-refractivity contribution >= 4 is 28.4 Å². The van der Waals surface area contributed by atoms with E-state index in [4.69, 9.17) is 9.72 Å². The van der Waals surface area contributed by atoms with Gasteiger partial charge < -0.3 is 15.0 Å². The first-order valence-electron chi connectivity index (χ1n) is 12.0. The van der Waals surface area contributed by atoms with E-state index in [1.807, 2.05) is 30.3 Å². The van der Waals surface area contributed by atoms with Crippen LogP contribution in [0.15, 0.2) is 72.9 Å². The first-order valence-corrected chi connectivity index (χ1v) is 12.0. The van der Waals surface area contributed by atoms with Crippen LogP contribution in [0.1, 0.15) is 17.5 Å². The lowest BCUT2D eigenvalue weighted by Crippen LogP contribution is -2.36. The number of rotatable bonds is 6. The Morgan fingerprint density at radius 3 is 2.46 bits per heavy atom. The first-order chi connectivity index (χ1) is 17.8. The van der Waals surface area contributed by atoms with Gasteiger partial charge in [-0.05, 0) is 53.4 Å². The Bertz CT molecular complexity index is 1400. The zero-order chi connectivity index (χ0) is 25.8. The third-order valence-electron chi connectivity index (χ3n) is 6.26. The number of hydrogen-bond acceptors (Lipinski definition) is 5. The van der Waals surface area contributed by atoms with Crippen molar-refractivity contribution in [2.45, 2.75) is 19.0 Å². The number of hydrogen-bond donors (Lipinski definition) is 1. The second-order valence-electron chi connectivity index (χ2n) is 8.85. The molecule has 0 atom stereocenters. The number of nitrogens with zero attached hydrogens (tertiary/aromatic N) is 3. The molecule has 190 valence electrons. The number of amides is 1. The molecule has 0 bridgehead atoms. The van der Waals surface area contributed by atoms with Gasteiger partial charge in [0.15, 0.2) is 0 Å². The molecule has 1 saturated heterocycles. The van der Waals surface area contributed by atoms with Gasteiger partial charge >= 0.3 is 6.18 Å². The monoisotopic (exact) mass is 506 g/mol. The molecule has 0 saturated carbocycles. The quantitative estimate of drug-likeness (QED) is 0.362. The van der Waals surface area contributed by atoms with Crippen LogP contribution in [0.5, 0.6) is 0 Å². The van der Waals surface area contributed by atoms with Crippen molar-refractivity contribution in [2.75, 3.05) is 36.5 Å². The minimum absolute atomic E-state index is 0.0812. The minimum Gasteiger partial charge on any atom is -0.378 e. The number of halogens is 3. The van der Waals surface area contributed by atoms with E-state index in [9.17, 15) is 18.0 Å². The van der Waals surface area contributed by atoms with Gasteiger partial charge in [0, 0.05) is 25.2 Å². The molecule has 1 amide bonds. The van der Waals surface area contributed by atoms with Crippen LogP contribution < -0.4 is 10.2 Å². The summed E-state index contributed by atoms with van der Waals surface area (Å²) in [5, 5.41) is 2.81. The summed E-state index contributed by atoms with van der Waals surface area (Å²) in [5.74, 6) is 0.568. The third kappa shape index (κ3) is 6.06. The van der Waals surface area contributed by atoms with E-state index in [0.717, 1.165) is 53.2 Å². The highest BCUT2D eigenvalue weighted by Gasteiger charge is 2.30. The fraction of sp³-hybridized carbons (Fsp3) is 0.250. The standard InChI is InChI=1S/C28H25F3N4O2/c29-28(30,31)22-3-1-2-19(16-22)4-11-27(36)33-23-8-5-20(6-9-23)21-7-10-24-25(17-21)34-26(18-32-24)35-12-14-37-15-13-35/h1-3,5-10,16-18H,4,11-15H2,(H,33,36). The number of carbonyl (C=O) groups is 1. The second-order valence-corrected chi connectivity index (χ2v) is 8.85. The fourth-order valence-corrected chi connectivity index (χ4v) is 4.26. The van der Waals surface area contributed by atoms with Gasteiger partial charge in [0.1, 0.15) is 5.82 Å². The lowest BCUT2D eigenvalue weighted by molar-refractivity contribution is -0.137. The Hall–Kier alpha value is -3.98. The number of fused-ring (bicyclic) bond motifs is 1. The molecule has 1 N–H and O–H groups in total. The summed E-state index contributed by atoms with van der Waals surface area (Å²) in [4.78, 5) is 23.9. The smallest absolute Gasteiger partial charge is 0.378 e. The molecule has 37 heavy (non-hydrogen) atoms. The maximum Gasteiger partial charge on any atom is 0.416 e. The number of benzene rings is 3. The predicted octanol–water partition coefficient (Wildman–Crippen LogP) is 5.72. The maximum absolute atomic E-state index is 12.9. The number of aryl methyl sites for hydroxylation is 1. The number of anilines is 2. The molecule has 0 unspecified atom stereocenters. The van der Waals surface area contributed by atoms with Crippen molar-refractivity contribution in [2.24, 2.45) is 0 Å². The van der Waals surface area contributed by atoms with Crippen LogP contribution in [0.25, 0.3) is 22.2 Å². The number of alkyl halides is 3. The molecule has 6 nitrogen and oxygen atoms in total. The SMILES string of the molecule is O=C(CCc1cccc(C(F)(F)F)c1)Nc1ccc(-c2ccc3ncc(N4CCOCC4)nc3c2)cc1. The highest BCUT2D eigenvalue weighted by molar-refractivity contribution is 5.91. The lowest BCUT2D eigenvalue weighted by atomic mass is 10.0. The lowest BCUT2D eigenvalue weighted by Gasteiger charge is -2.27. The van der Waals surface area contributed by atoms with E-state index < -0.39 is 11.7 Å². The summed E-state index contributed by atoms with van der Waals surface area (Å²) in [5.41, 5.74) is 3.92. The first kappa shape index (κ1) is 24.7. The second kappa shape index (κ2) is 10.6. The van der Waals surface area contributed by atoms with Crippen LogP contribution in [0.2, 0.25) is 0 Å². The largest absolute Gasteiger partial charge is 0.416 e. The topological polar surface area (TPSA) is 67.4 Å². The molecule has 4 aromatic rings. The van der Waals surface area contributed by atoms with Crippen molar-refractivity contribution in [3.05, 3.63) is 84.1 Å². The van der Waals surface area contributed by atoms with Crippen molar-refractivity contribution in [3.63, 3.8) is 0 Å². The third-order valence-corrected chi connectivity index (χ3v) is 6.26. The summed E-state index contributed by atoms with van der Waals surface area (Å²) in [6, 6.07) is 18.4. The van der Waals surface area contributed by atoms with E-state index in [1.54, 1.807) is 24.4 Å². The summed E-state index contributed by atoms with van der Waals surface area (Å²) in [7, 11) is 0. The van der Waals surface area contributed by atoms with E-state index in [0.29, 0.717) is 24.5 Å². The summed E-state index contributed by atoms with van der Waals surface area (Å²) in [6.45, 7) is 2.92. The van der Waals surface area contributed by atoms with Crippen LogP contribution >= 0.6 is 0 Å². The van der Waals surface area contributed by atoms with Gasteiger partial charge in [0.25, 0.3) is 0 Å². The van der Waals surface area contributed by atoms with Crippen LogP contribution in [0, 0.1) is 0 Å². The van der Waals surface area contributed by atoms with E-state index in [1.165, 1.54) is 6.07 Å². The normalized spacial score (nSPS) is 14.1. The van der Waals surface area contributed by atoms with Gasteiger partial charge in [-0.15, -0.1) is 0 Å². The van der Waals surface area contributed by atoms with Crippen molar-refractivity contribution in [1.82, 2.24) is 9.97 Å². The summed E-state index contributed by atoms with van der Waals surface area (Å²) < 4.78 is 44.1. The molecular weight excluding hydrogens is 481 g/mol. The molecule has 5 rings (SSSR count). The minimum atomic E-state index is -4.40. The van der Waals surface area contributed by atoms with Crippen molar-refractivity contribution in [3.8, 4) is 11.1 Å². The Morgan fingerprint density at radius 1 is 0.946 bits per heavy atom. The zero-order valence-electron chi connectivity index (χ0n) is 20.0. The Kier molecular flexibility index (Phi) is 7.05. The average molecular weight is 507 g/mol. The van der Waals surface area contributed by atoms with Crippen molar-refractivity contribution in [1.29, 1.82) is 0 Å². The average Bonchev–Trinajstić information content (AvgIpc) is 2.92. The molecule has 1 aliphatic heterocycles. The van der Waals surface area contributed by atoms with Gasteiger partial charge in [-0.1, -0.05) is 36.4 Å². The molecular formula is C28H25F3N4O2. The summed E-state index contributed by atoms with van der Waals surface area (Å²) in [6.07, 6.45) is -2.31. The predicted molar refractivity (Wildman–Crippen MR) is 136 cm³/mol. The fourth-order valence-electron chi connectivity index (χ4n) is 4.26. The molecule has 1 aliphatic rings. The van der Waals surface area contributed by atoms with Crippen LogP contribution in [0.4, 0.5) is 24.7 Å². The van der Waals surface area contributed by atoms with Gasteiger partial charge in [-0.3, -0.25) is 9.78 Å². The molecule has 1 aromatic heterocycles. The number of ether oxygens (including phenoxy) is 1. The molecule has 3 aromatic carbocycles. The zero-order valence-corrected chi connectivity index (χ0v) is 20.0. The Balaban J connectivity index is 1.23. The number of nitrogens with one attached hydrogen (secondary N) is 1. The Labute approximate surface area is 212 Å². The molecule has 0 spiro atoms. The number of carbonyl (C=O) groups excluding carboxylic acids is 1. The summed E-state index contributed by atoms with van der Waals surface area (Å²) >= 11 is 0. The van der Waals surface area contributed by atoms with Crippen LogP contribution in [-0.2, 0) is 22.1 Å². The van der Waals surface area contributed by atoms with Crippen LogP contribution in [0.3, 0.4) is 0 Å². The Morgan fingerprint density at radius 2 is 1.70 bits per heavy atom. The maximum atomic E-state index is 12.9. The van der Waals surface area contributed by atoms with Gasteiger partial charge in [0.05, 0.1) is 36.0 Å². The van der Waals surface area contributed by atoms with Gasteiger partial charge in [-0.2, -0.15) is 13.2 Å². The highest BCUT2D eigenvalue weighted by atomic mass is 19.4. The molecule has 2 heterocycles. The number of aromatic nitrogens is 2. The van der Waals surface area contributed by atoms with Gasteiger partial charge in [0.2, 0.25) is 5.91 Å². The van der Waals surface area contributed by atoms with E-state index in [-0.39, 0.29) is 18.7 Å². The molecule has 0 aliphatic carbocycles. The molecule has 1 fully saturated rings. The van der Waals surface area contributed by atoms with E-state index >= 15 is 0 Å². The van der Waals surface area contributed by atoms with Crippen LogP contribution in [-0.4, -0.2) is 42.2 Å². The molecule has 0 radical (unpaired) electrons. The van der Waals surface area contributed by atoms with Crippen molar-refractivity contribution < 1.29 is 22.7 Å².